The van der Waals surface area contributed by atoms with Gasteiger partial charge in [-0.15, -0.1) is 22.7 Å². The summed E-state index contributed by atoms with van der Waals surface area (Å²) in [5.74, 6) is -1.83. The zero-order valence-corrected chi connectivity index (χ0v) is 18.9. The normalized spacial score (nSPS) is 11.8. The van der Waals surface area contributed by atoms with Gasteiger partial charge in [0.15, 0.2) is 0 Å². The van der Waals surface area contributed by atoms with Crippen LogP contribution in [0.4, 0.5) is 17.6 Å². The van der Waals surface area contributed by atoms with Crippen molar-refractivity contribution in [3.63, 3.8) is 0 Å². The summed E-state index contributed by atoms with van der Waals surface area (Å²) < 4.78 is 59.2. The van der Waals surface area contributed by atoms with E-state index < -0.39 is 23.5 Å². The molecule has 0 saturated heterocycles. The Balaban J connectivity index is 1.58. The molecule has 4 aromatic rings. The molecule has 0 fully saturated rings. The number of hydrogen-bond donors (Lipinski definition) is 1. The first-order valence-electron chi connectivity index (χ1n) is 9.59. The van der Waals surface area contributed by atoms with Gasteiger partial charge < -0.3 is 9.84 Å². The number of ether oxygens (including phenoxy) is 1. The van der Waals surface area contributed by atoms with Crippen molar-refractivity contribution in [3.05, 3.63) is 62.9 Å². The number of carboxylic acid groups (broad SMARTS) is 1. The molecule has 0 saturated carbocycles. The lowest BCUT2D eigenvalue weighted by atomic mass is 10.1. The molecule has 33 heavy (non-hydrogen) atoms. The van der Waals surface area contributed by atoms with Crippen molar-refractivity contribution in [3.8, 4) is 16.3 Å². The van der Waals surface area contributed by atoms with Gasteiger partial charge in [-0.25, -0.2) is 14.4 Å². The molecule has 1 N–H and O–H groups in total. The molecule has 5 nitrogen and oxygen atoms in total. The molecular weight excluding hydrogens is 480 g/mol. The standard InChI is InChI=1S/C22H16F4N2O3S2/c1-10-5-15(20-16(6-10)32-18(28-20)8-19(29)30)31-9-17-11(2)27-21(33-17)12-3-4-13(14(23)7-12)22(24,25)26/h3-7H,8-9H2,1-2H3,(H,29,30). The maximum atomic E-state index is 14.0. The first-order chi connectivity index (χ1) is 15.5. The number of nitrogens with zero attached hydrogens (tertiary/aromatic N) is 2. The molecule has 172 valence electrons. The van der Waals surface area contributed by atoms with Crippen LogP contribution in [0.25, 0.3) is 20.8 Å². The summed E-state index contributed by atoms with van der Waals surface area (Å²) in [6.45, 7) is 3.74. The highest BCUT2D eigenvalue weighted by molar-refractivity contribution is 7.18. The molecule has 0 amide bonds. The van der Waals surface area contributed by atoms with E-state index in [2.05, 4.69) is 9.97 Å². The average Bonchev–Trinajstić information content (AvgIpc) is 3.27. The number of hydrogen-bond acceptors (Lipinski definition) is 6. The molecule has 0 aliphatic carbocycles. The first-order valence-corrected chi connectivity index (χ1v) is 11.2. The third-order valence-corrected chi connectivity index (χ3v) is 6.91. The molecule has 2 heterocycles. The Morgan fingerprint density at radius 1 is 1.12 bits per heavy atom. The smallest absolute Gasteiger partial charge is 0.419 e. The second-order valence-corrected chi connectivity index (χ2v) is 9.50. The van der Waals surface area contributed by atoms with Gasteiger partial charge in [0.25, 0.3) is 0 Å². The molecule has 4 rings (SSSR count). The van der Waals surface area contributed by atoms with Crippen LogP contribution in [0, 0.1) is 19.7 Å². The highest BCUT2D eigenvalue weighted by atomic mass is 32.1. The predicted molar refractivity (Wildman–Crippen MR) is 117 cm³/mol. The van der Waals surface area contributed by atoms with Crippen molar-refractivity contribution < 1.29 is 32.2 Å². The number of aryl methyl sites for hydroxylation is 2. The number of aliphatic carboxylic acids is 1. The van der Waals surface area contributed by atoms with Gasteiger partial charge in [0, 0.05) is 5.56 Å². The van der Waals surface area contributed by atoms with Crippen LogP contribution in [0.1, 0.15) is 26.7 Å². The fourth-order valence-corrected chi connectivity index (χ4v) is 5.24. The number of fused-ring (bicyclic) bond motifs is 1. The largest absolute Gasteiger partial charge is 0.486 e. The molecule has 0 radical (unpaired) electrons. The van der Waals surface area contributed by atoms with Gasteiger partial charge in [-0.3, -0.25) is 4.79 Å². The third kappa shape index (κ3) is 4.98. The Bertz CT molecular complexity index is 1360. The Kier molecular flexibility index (Phi) is 6.10. The second-order valence-electron chi connectivity index (χ2n) is 7.30. The van der Waals surface area contributed by atoms with E-state index in [1.807, 2.05) is 13.0 Å². The molecule has 0 unspecified atom stereocenters. The summed E-state index contributed by atoms with van der Waals surface area (Å²) in [4.78, 5) is 20.5. The maximum absolute atomic E-state index is 14.0. The van der Waals surface area contributed by atoms with Crippen LogP contribution in [0.15, 0.2) is 30.3 Å². The van der Waals surface area contributed by atoms with Crippen molar-refractivity contribution in [2.75, 3.05) is 0 Å². The molecule has 0 atom stereocenters. The molecule has 0 aliphatic rings. The molecule has 2 aromatic carbocycles. The molecule has 11 heteroatoms. The van der Waals surface area contributed by atoms with Crippen LogP contribution in [-0.4, -0.2) is 21.0 Å². The first kappa shape index (κ1) is 23.1. The van der Waals surface area contributed by atoms with Crippen LogP contribution >= 0.6 is 22.7 Å². The lowest BCUT2D eigenvalue weighted by Gasteiger charge is -2.08. The minimum absolute atomic E-state index is 0.122. The van der Waals surface area contributed by atoms with Gasteiger partial charge in [-0.2, -0.15) is 13.2 Å². The highest BCUT2D eigenvalue weighted by Crippen LogP contribution is 2.36. The van der Waals surface area contributed by atoms with Gasteiger partial charge in [0.2, 0.25) is 0 Å². The van der Waals surface area contributed by atoms with E-state index in [1.165, 1.54) is 28.7 Å². The van der Waals surface area contributed by atoms with E-state index >= 15 is 0 Å². The summed E-state index contributed by atoms with van der Waals surface area (Å²) in [5, 5.41) is 9.86. The molecular formula is C22H16F4N2O3S2. The van der Waals surface area contributed by atoms with E-state index in [4.69, 9.17) is 9.84 Å². The van der Waals surface area contributed by atoms with Crippen molar-refractivity contribution in [1.29, 1.82) is 0 Å². The van der Waals surface area contributed by atoms with Crippen molar-refractivity contribution in [2.45, 2.75) is 33.1 Å². The summed E-state index contributed by atoms with van der Waals surface area (Å²) in [6, 6.07) is 6.43. The maximum Gasteiger partial charge on any atom is 0.419 e. The number of carbonyl (C=O) groups is 1. The van der Waals surface area contributed by atoms with E-state index in [0.29, 0.717) is 33.0 Å². The number of benzene rings is 2. The van der Waals surface area contributed by atoms with Crippen molar-refractivity contribution in [1.82, 2.24) is 9.97 Å². The van der Waals surface area contributed by atoms with Gasteiger partial charge in [-0.1, -0.05) is 6.07 Å². The van der Waals surface area contributed by atoms with Gasteiger partial charge in [-0.05, 0) is 43.7 Å². The highest BCUT2D eigenvalue weighted by Gasteiger charge is 2.34. The number of halogens is 4. The van der Waals surface area contributed by atoms with Gasteiger partial charge in [0.1, 0.15) is 33.7 Å². The van der Waals surface area contributed by atoms with Crippen LogP contribution in [-0.2, 0) is 24.0 Å². The van der Waals surface area contributed by atoms with Crippen LogP contribution in [0.5, 0.6) is 5.75 Å². The van der Waals surface area contributed by atoms with Crippen LogP contribution in [0.2, 0.25) is 0 Å². The molecule has 0 bridgehead atoms. The summed E-state index contributed by atoms with van der Waals surface area (Å²) in [6.07, 6.45) is -4.95. The number of rotatable bonds is 6. The SMILES string of the molecule is Cc1cc(OCc2sc(-c3ccc(C(F)(F)F)c(F)c3)nc2C)c2nc(CC(=O)O)sc2c1. The Labute approximate surface area is 193 Å². The summed E-state index contributed by atoms with van der Waals surface area (Å²) >= 11 is 2.48. The monoisotopic (exact) mass is 496 g/mol. The Morgan fingerprint density at radius 2 is 1.88 bits per heavy atom. The fourth-order valence-electron chi connectivity index (χ4n) is 3.20. The minimum Gasteiger partial charge on any atom is -0.486 e. The molecule has 0 spiro atoms. The zero-order valence-electron chi connectivity index (χ0n) is 17.3. The number of aromatic nitrogens is 2. The average molecular weight is 497 g/mol. The van der Waals surface area contributed by atoms with E-state index in [-0.39, 0.29) is 18.6 Å². The van der Waals surface area contributed by atoms with Crippen LogP contribution < -0.4 is 4.74 Å². The third-order valence-electron chi connectivity index (χ3n) is 4.72. The Morgan fingerprint density at radius 3 is 2.55 bits per heavy atom. The number of thiazole rings is 2. The number of carboxylic acids is 1. The van der Waals surface area contributed by atoms with Gasteiger partial charge in [0.05, 0.1) is 27.3 Å². The minimum atomic E-state index is -4.76. The predicted octanol–water partition coefficient (Wildman–Crippen LogP) is 6.40. The summed E-state index contributed by atoms with van der Waals surface area (Å²) in [5.41, 5.74) is 1.02. The second kappa shape index (κ2) is 8.71. The quantitative estimate of drug-likeness (QED) is 0.313. The van der Waals surface area contributed by atoms with Crippen molar-refractivity contribution >= 4 is 38.9 Å². The molecule has 0 aliphatic heterocycles. The summed E-state index contributed by atoms with van der Waals surface area (Å²) in [7, 11) is 0. The van der Waals surface area contributed by atoms with E-state index in [1.54, 1.807) is 13.0 Å². The van der Waals surface area contributed by atoms with E-state index in [9.17, 15) is 22.4 Å². The van der Waals surface area contributed by atoms with E-state index in [0.717, 1.165) is 21.2 Å². The zero-order chi connectivity index (χ0) is 23.9. The lowest BCUT2D eigenvalue weighted by molar-refractivity contribution is -0.140. The van der Waals surface area contributed by atoms with Gasteiger partial charge >= 0.3 is 12.1 Å². The lowest BCUT2D eigenvalue weighted by Crippen LogP contribution is -2.07. The van der Waals surface area contributed by atoms with Crippen molar-refractivity contribution in [2.24, 2.45) is 0 Å². The fraction of sp³-hybridized carbons (Fsp3) is 0.227. The van der Waals surface area contributed by atoms with Crippen LogP contribution in [0.3, 0.4) is 0 Å². The Hall–Kier alpha value is -3.05. The molecule has 2 aromatic heterocycles. The topological polar surface area (TPSA) is 72.3 Å². The number of alkyl halides is 3.